The highest BCUT2D eigenvalue weighted by Gasteiger charge is 2.44. The lowest BCUT2D eigenvalue weighted by Gasteiger charge is -2.51. The predicted molar refractivity (Wildman–Crippen MR) is 138 cm³/mol. The lowest BCUT2D eigenvalue weighted by atomic mass is 9.93. The van der Waals surface area contributed by atoms with Gasteiger partial charge in [0, 0.05) is 23.7 Å². The van der Waals surface area contributed by atoms with Crippen molar-refractivity contribution in [2.24, 2.45) is 0 Å². The molecule has 1 aromatic heterocycles. The highest BCUT2D eigenvalue weighted by Crippen LogP contribution is 2.39. The molecule has 2 aromatic carbocycles. The third kappa shape index (κ3) is 3.92. The van der Waals surface area contributed by atoms with Gasteiger partial charge in [0.2, 0.25) is 5.43 Å². The number of aromatic hydroxyl groups is 1. The van der Waals surface area contributed by atoms with Gasteiger partial charge in [-0.25, -0.2) is 0 Å². The number of fused-ring (bicyclic) bond motifs is 6. The Hall–Kier alpha value is -3.19. The van der Waals surface area contributed by atoms with Crippen LogP contribution in [-0.2, 0) is 6.42 Å². The molecule has 3 aliphatic heterocycles. The fraction of sp³-hybridized carbons (Fsp3) is 0.357. The lowest BCUT2D eigenvalue weighted by molar-refractivity contribution is 0.0462. The molecule has 1 fully saturated rings. The second kappa shape index (κ2) is 9.11. The molecule has 2 atom stereocenters. The van der Waals surface area contributed by atoms with Crippen LogP contribution in [0.15, 0.2) is 70.5 Å². The van der Waals surface area contributed by atoms with E-state index in [1.165, 1.54) is 22.9 Å². The number of hydrogen-bond donors (Lipinski definition) is 1. The molecule has 6 rings (SSSR count). The van der Waals surface area contributed by atoms with Crippen molar-refractivity contribution < 1.29 is 9.90 Å². The molecule has 35 heavy (non-hydrogen) atoms. The number of pyridine rings is 1. The Bertz CT molecular complexity index is 1290. The van der Waals surface area contributed by atoms with Gasteiger partial charge in [0.25, 0.3) is 5.91 Å². The van der Waals surface area contributed by atoms with E-state index in [1.54, 1.807) is 10.9 Å². The number of rotatable bonds is 1. The Labute approximate surface area is 209 Å². The van der Waals surface area contributed by atoms with Crippen molar-refractivity contribution in [1.29, 1.82) is 0 Å². The molecular formula is C28H29N3O3S. The van der Waals surface area contributed by atoms with E-state index >= 15 is 0 Å². The Morgan fingerprint density at radius 2 is 1.74 bits per heavy atom. The van der Waals surface area contributed by atoms with Gasteiger partial charge in [-0.05, 0) is 73.1 Å². The molecule has 7 heteroatoms. The van der Waals surface area contributed by atoms with Crippen LogP contribution in [0.3, 0.4) is 0 Å². The Balaban J connectivity index is 1.61. The molecule has 4 bridgehead atoms. The van der Waals surface area contributed by atoms with E-state index < -0.39 is 11.2 Å². The first kappa shape index (κ1) is 22.3. The molecule has 0 aliphatic carbocycles. The van der Waals surface area contributed by atoms with Gasteiger partial charge >= 0.3 is 0 Å². The average Bonchev–Trinajstić information content (AvgIpc) is 2.88. The van der Waals surface area contributed by atoms with E-state index in [0.717, 1.165) is 49.0 Å². The van der Waals surface area contributed by atoms with E-state index in [1.807, 2.05) is 16.7 Å². The zero-order valence-electron chi connectivity index (χ0n) is 19.6. The van der Waals surface area contributed by atoms with E-state index in [4.69, 9.17) is 0 Å². The van der Waals surface area contributed by atoms with Gasteiger partial charge in [0.15, 0.2) is 11.4 Å². The summed E-state index contributed by atoms with van der Waals surface area (Å²) in [4.78, 5) is 28.9. The number of piperidine rings is 1. The summed E-state index contributed by atoms with van der Waals surface area (Å²) in [5.41, 5.74) is 3.12. The third-order valence-corrected chi connectivity index (χ3v) is 8.46. The van der Waals surface area contributed by atoms with Gasteiger partial charge in [-0.1, -0.05) is 36.4 Å². The lowest BCUT2D eigenvalue weighted by Crippen LogP contribution is -2.63. The summed E-state index contributed by atoms with van der Waals surface area (Å²) in [6.07, 6.45) is 7.62. The van der Waals surface area contributed by atoms with Crippen LogP contribution in [0.1, 0.15) is 65.3 Å². The Kier molecular flexibility index (Phi) is 5.80. The number of carbonyl (C=O) groups excluding carboxylic acids is 1. The summed E-state index contributed by atoms with van der Waals surface area (Å²) < 4.78 is 1.74. The van der Waals surface area contributed by atoms with Crippen molar-refractivity contribution in [2.45, 2.75) is 55.6 Å². The van der Waals surface area contributed by atoms with E-state index in [0.29, 0.717) is 6.54 Å². The summed E-state index contributed by atoms with van der Waals surface area (Å²) in [6.45, 7) is 0.616. The van der Waals surface area contributed by atoms with Crippen LogP contribution >= 0.6 is 11.8 Å². The second-order valence-electron chi connectivity index (χ2n) is 9.60. The van der Waals surface area contributed by atoms with Gasteiger partial charge in [0.05, 0.1) is 6.04 Å². The molecule has 0 spiro atoms. The van der Waals surface area contributed by atoms with Crippen molar-refractivity contribution in [3.8, 4) is 5.75 Å². The zero-order chi connectivity index (χ0) is 23.9. The van der Waals surface area contributed by atoms with Crippen molar-refractivity contribution in [3.05, 3.63) is 93.4 Å². The SMILES string of the molecule is O=C1c2c(O)c(=O)ccn2N([C@H]2c3cccc(c3)CCCCSc3cccc2c3)[C@@H]2CCCCN12. The first-order chi connectivity index (χ1) is 17.1. The maximum absolute atomic E-state index is 13.5. The summed E-state index contributed by atoms with van der Waals surface area (Å²) in [6, 6.07) is 18.6. The molecule has 1 N–H and O–H groups in total. The molecule has 1 amide bonds. The maximum Gasteiger partial charge on any atom is 0.278 e. The Morgan fingerprint density at radius 1 is 0.914 bits per heavy atom. The minimum absolute atomic E-state index is 0.0588. The number of carbonyl (C=O) groups is 1. The standard InChI is InChI=1S/C28H29N3O3S/c32-23-13-15-30-26(27(23)33)28(34)29-14-3-1-12-24(29)31(30)25-20-9-5-8-19(17-20)7-2-4-16-35-22-11-6-10-21(25)18-22/h5-6,8-11,13,15,17-18,24-25,33H,1-4,7,12,14,16H2/t24-,25+/m1/s1. The first-order valence-electron chi connectivity index (χ1n) is 12.5. The van der Waals surface area contributed by atoms with Crippen molar-refractivity contribution in [1.82, 2.24) is 9.58 Å². The van der Waals surface area contributed by atoms with E-state index in [9.17, 15) is 14.7 Å². The molecule has 0 radical (unpaired) electrons. The number of hydrogen-bond acceptors (Lipinski definition) is 5. The highest BCUT2D eigenvalue weighted by atomic mass is 32.2. The van der Waals surface area contributed by atoms with Crippen molar-refractivity contribution in [3.63, 3.8) is 0 Å². The van der Waals surface area contributed by atoms with Crippen LogP contribution in [0.25, 0.3) is 0 Å². The molecule has 0 unspecified atom stereocenters. The van der Waals surface area contributed by atoms with Crippen LogP contribution in [0.2, 0.25) is 0 Å². The van der Waals surface area contributed by atoms with Crippen LogP contribution in [-0.4, -0.2) is 39.1 Å². The topological polar surface area (TPSA) is 65.8 Å². The van der Waals surface area contributed by atoms with Crippen LogP contribution in [0, 0.1) is 0 Å². The smallest absolute Gasteiger partial charge is 0.278 e. The molecule has 3 aromatic rings. The number of aromatic nitrogens is 1. The number of benzene rings is 2. The van der Waals surface area contributed by atoms with Crippen molar-refractivity contribution in [2.75, 3.05) is 17.3 Å². The monoisotopic (exact) mass is 487 g/mol. The highest BCUT2D eigenvalue weighted by molar-refractivity contribution is 7.99. The van der Waals surface area contributed by atoms with Crippen LogP contribution in [0.4, 0.5) is 0 Å². The molecule has 1 saturated heterocycles. The minimum Gasteiger partial charge on any atom is -0.502 e. The molecule has 3 aliphatic rings. The molecule has 0 saturated carbocycles. The molecule has 180 valence electrons. The van der Waals surface area contributed by atoms with Crippen LogP contribution < -0.4 is 10.4 Å². The van der Waals surface area contributed by atoms with E-state index in [2.05, 4.69) is 53.5 Å². The van der Waals surface area contributed by atoms with Gasteiger partial charge in [-0.15, -0.1) is 11.8 Å². The second-order valence-corrected chi connectivity index (χ2v) is 10.8. The summed E-state index contributed by atoms with van der Waals surface area (Å²) in [7, 11) is 0. The Morgan fingerprint density at radius 3 is 2.63 bits per heavy atom. The maximum atomic E-state index is 13.5. The quantitative estimate of drug-likeness (QED) is 0.540. The predicted octanol–water partition coefficient (Wildman–Crippen LogP) is 4.68. The number of aryl methyl sites for hydroxylation is 1. The van der Waals surface area contributed by atoms with Gasteiger partial charge in [-0.2, -0.15) is 0 Å². The fourth-order valence-corrected chi connectivity index (χ4v) is 6.70. The molecular weight excluding hydrogens is 458 g/mol. The number of thioether (sulfide) groups is 1. The zero-order valence-corrected chi connectivity index (χ0v) is 20.4. The summed E-state index contributed by atoms with van der Waals surface area (Å²) in [5, 5.41) is 12.9. The third-order valence-electron chi connectivity index (χ3n) is 7.38. The normalized spacial score (nSPS) is 22.0. The largest absolute Gasteiger partial charge is 0.502 e. The average molecular weight is 488 g/mol. The van der Waals surface area contributed by atoms with Crippen molar-refractivity contribution >= 4 is 17.7 Å². The fourth-order valence-electron chi connectivity index (χ4n) is 5.72. The van der Waals surface area contributed by atoms with Gasteiger partial charge in [-0.3, -0.25) is 19.3 Å². The first-order valence-corrected chi connectivity index (χ1v) is 13.5. The van der Waals surface area contributed by atoms with Crippen LogP contribution in [0.5, 0.6) is 5.75 Å². The minimum atomic E-state index is -0.529. The summed E-state index contributed by atoms with van der Waals surface area (Å²) >= 11 is 1.89. The summed E-state index contributed by atoms with van der Waals surface area (Å²) in [5.74, 6) is 0.338. The van der Waals surface area contributed by atoms with Gasteiger partial charge < -0.3 is 10.0 Å². The number of amides is 1. The number of nitrogens with zero attached hydrogens (tertiary/aromatic N) is 3. The molecule has 6 nitrogen and oxygen atoms in total. The van der Waals surface area contributed by atoms with Gasteiger partial charge in [0.1, 0.15) is 6.17 Å². The molecule has 4 heterocycles. The van der Waals surface area contributed by atoms with E-state index in [-0.39, 0.29) is 23.8 Å².